The van der Waals surface area contributed by atoms with Gasteiger partial charge in [-0.15, -0.1) is 0 Å². The molecule has 0 aliphatic heterocycles. The molecule has 28 heavy (non-hydrogen) atoms. The summed E-state index contributed by atoms with van der Waals surface area (Å²) in [4.78, 5) is 48.2. The summed E-state index contributed by atoms with van der Waals surface area (Å²) in [6.07, 6.45) is 0.428. The molecule has 1 N–H and O–H groups in total. The molecule has 1 aromatic heterocycles. The molecule has 0 saturated carbocycles. The first kappa shape index (κ1) is 21.1. The van der Waals surface area contributed by atoms with Crippen LogP contribution < -0.4 is 10.9 Å². The van der Waals surface area contributed by atoms with Crippen molar-refractivity contribution >= 4 is 28.7 Å². The normalized spacial score (nSPS) is 11.7. The Bertz CT molecular complexity index is 937. The molecule has 150 valence electrons. The maximum Gasteiger partial charge on any atom is 0.413 e. The Morgan fingerprint density at radius 1 is 1.18 bits per heavy atom. The van der Waals surface area contributed by atoms with E-state index in [1.807, 2.05) is 12.2 Å². The molecular formula is C19H23N3O6. The van der Waals surface area contributed by atoms with Crippen LogP contribution in [0.2, 0.25) is 0 Å². The summed E-state index contributed by atoms with van der Waals surface area (Å²) >= 11 is 0. The summed E-state index contributed by atoms with van der Waals surface area (Å²) in [5.74, 6) is -1.70. The fraction of sp³-hybridized carbons (Fsp3) is 0.421. The van der Waals surface area contributed by atoms with E-state index in [-0.39, 0.29) is 11.3 Å². The second-order valence-corrected chi connectivity index (χ2v) is 6.16. The van der Waals surface area contributed by atoms with Gasteiger partial charge in [-0.2, -0.15) is 5.10 Å². The van der Waals surface area contributed by atoms with Gasteiger partial charge in [-0.1, -0.05) is 38.0 Å². The topological polar surface area (TPSA) is 117 Å². The number of unbranched alkanes of at least 4 members (excludes halogenated alkanes) is 2. The predicted molar refractivity (Wildman–Crippen MR) is 101 cm³/mol. The van der Waals surface area contributed by atoms with Crippen molar-refractivity contribution in [3.05, 3.63) is 40.3 Å². The second-order valence-electron chi connectivity index (χ2n) is 6.16. The van der Waals surface area contributed by atoms with Crippen molar-refractivity contribution in [2.24, 2.45) is 0 Å². The molecule has 0 fully saturated rings. The number of benzene rings is 1. The van der Waals surface area contributed by atoms with E-state index in [2.05, 4.69) is 9.84 Å². The van der Waals surface area contributed by atoms with Crippen molar-refractivity contribution in [2.75, 3.05) is 7.11 Å². The van der Waals surface area contributed by atoms with Crippen LogP contribution in [0.25, 0.3) is 10.8 Å². The smallest absolute Gasteiger partial charge is 0.413 e. The maximum atomic E-state index is 12.6. The summed E-state index contributed by atoms with van der Waals surface area (Å²) in [5.41, 5.74) is -0.357. The lowest BCUT2D eigenvalue weighted by Crippen LogP contribution is -2.39. The molecular weight excluding hydrogens is 366 g/mol. The molecule has 2 rings (SSSR count). The Labute approximate surface area is 161 Å². The largest absolute Gasteiger partial charge is 0.453 e. The first-order valence-corrected chi connectivity index (χ1v) is 8.98. The lowest BCUT2D eigenvalue weighted by atomic mass is 10.1. The summed E-state index contributed by atoms with van der Waals surface area (Å²) in [6, 6.07) is 6.58. The molecule has 0 aliphatic rings. The third-order valence-electron chi connectivity index (χ3n) is 4.10. The Balaban J connectivity index is 2.32. The third-order valence-corrected chi connectivity index (χ3v) is 4.10. The van der Waals surface area contributed by atoms with Crippen molar-refractivity contribution in [1.29, 1.82) is 0 Å². The number of alkyl carbamates (subject to hydrolysis) is 1. The highest BCUT2D eigenvalue weighted by molar-refractivity contribution is 6.03. The number of ether oxygens (including phenoxy) is 2. The van der Waals surface area contributed by atoms with Gasteiger partial charge in [0.05, 0.1) is 12.5 Å². The number of rotatable bonds is 7. The van der Waals surface area contributed by atoms with Gasteiger partial charge in [-0.25, -0.2) is 14.3 Å². The number of amides is 2. The SMILES string of the molecule is CCCCCn1nc(C(=O)O[C@H](C)C(=O)NC(=O)OC)c2ccccc2c1=O. The number of hydrogen-bond acceptors (Lipinski definition) is 7. The molecule has 0 aliphatic carbocycles. The molecule has 0 unspecified atom stereocenters. The highest BCUT2D eigenvalue weighted by atomic mass is 16.6. The van der Waals surface area contributed by atoms with Gasteiger partial charge in [0.15, 0.2) is 11.8 Å². The van der Waals surface area contributed by atoms with E-state index >= 15 is 0 Å². The third kappa shape index (κ3) is 4.93. The molecule has 0 bridgehead atoms. The number of carbonyl (C=O) groups excluding carboxylic acids is 3. The molecule has 1 heterocycles. The number of aromatic nitrogens is 2. The van der Waals surface area contributed by atoms with Crippen LogP contribution in [0, 0.1) is 0 Å². The average molecular weight is 389 g/mol. The monoisotopic (exact) mass is 389 g/mol. The fourth-order valence-electron chi connectivity index (χ4n) is 2.57. The van der Waals surface area contributed by atoms with E-state index in [0.717, 1.165) is 26.4 Å². The van der Waals surface area contributed by atoms with Crippen LogP contribution in [-0.4, -0.2) is 41.0 Å². The van der Waals surface area contributed by atoms with Crippen molar-refractivity contribution in [2.45, 2.75) is 45.8 Å². The van der Waals surface area contributed by atoms with Gasteiger partial charge in [0.25, 0.3) is 11.5 Å². The van der Waals surface area contributed by atoms with Crippen LogP contribution in [0.4, 0.5) is 4.79 Å². The molecule has 9 heteroatoms. The quantitative estimate of drug-likeness (QED) is 0.569. The molecule has 2 aromatic rings. The molecule has 0 saturated heterocycles. The van der Waals surface area contributed by atoms with Crippen molar-refractivity contribution < 1.29 is 23.9 Å². The number of esters is 1. The zero-order valence-electron chi connectivity index (χ0n) is 16.1. The van der Waals surface area contributed by atoms with Gasteiger partial charge in [0.2, 0.25) is 0 Å². The number of nitrogens with one attached hydrogen (secondary N) is 1. The number of nitrogens with zero attached hydrogens (tertiary/aromatic N) is 2. The summed E-state index contributed by atoms with van der Waals surface area (Å²) in [6.45, 7) is 3.73. The fourth-order valence-corrected chi connectivity index (χ4v) is 2.57. The highest BCUT2D eigenvalue weighted by Gasteiger charge is 2.24. The molecule has 0 radical (unpaired) electrons. The highest BCUT2D eigenvalue weighted by Crippen LogP contribution is 2.15. The van der Waals surface area contributed by atoms with Crippen LogP contribution in [0.15, 0.2) is 29.1 Å². The molecule has 1 aromatic carbocycles. The van der Waals surface area contributed by atoms with Crippen LogP contribution in [0.3, 0.4) is 0 Å². The van der Waals surface area contributed by atoms with Gasteiger partial charge < -0.3 is 9.47 Å². The van der Waals surface area contributed by atoms with E-state index in [1.165, 1.54) is 11.6 Å². The number of methoxy groups -OCH3 is 1. The van der Waals surface area contributed by atoms with Crippen LogP contribution in [0.5, 0.6) is 0 Å². The lowest BCUT2D eigenvalue weighted by Gasteiger charge is -2.14. The second kappa shape index (κ2) is 9.63. The number of carbonyl (C=O) groups is 3. The van der Waals surface area contributed by atoms with E-state index in [4.69, 9.17) is 4.74 Å². The molecule has 2 amide bonds. The van der Waals surface area contributed by atoms with Crippen molar-refractivity contribution in [3.8, 4) is 0 Å². The zero-order valence-corrected chi connectivity index (χ0v) is 16.1. The first-order chi connectivity index (χ1) is 13.4. The van der Waals surface area contributed by atoms with E-state index in [1.54, 1.807) is 24.3 Å². The minimum Gasteiger partial charge on any atom is -0.453 e. The minimum atomic E-state index is -1.26. The van der Waals surface area contributed by atoms with Crippen LogP contribution in [-0.2, 0) is 20.8 Å². The van der Waals surface area contributed by atoms with Gasteiger partial charge in [-0.3, -0.25) is 14.9 Å². The summed E-state index contributed by atoms with van der Waals surface area (Å²) in [7, 11) is 1.11. The number of aryl methyl sites for hydroxylation is 1. The molecule has 1 atom stereocenters. The van der Waals surface area contributed by atoms with Crippen molar-refractivity contribution in [1.82, 2.24) is 15.1 Å². The van der Waals surface area contributed by atoms with Gasteiger partial charge in [0, 0.05) is 11.9 Å². The maximum absolute atomic E-state index is 12.6. The number of hydrogen-bond donors (Lipinski definition) is 1. The van der Waals surface area contributed by atoms with Crippen LogP contribution >= 0.6 is 0 Å². The standard InChI is InChI=1S/C19H23N3O6/c1-4-5-8-11-22-17(24)14-10-7-6-9-13(14)15(21-22)18(25)28-12(2)16(23)20-19(26)27-3/h6-7,9-10,12H,4-5,8,11H2,1-3H3,(H,20,23,26)/t12-/m1/s1. The first-order valence-electron chi connectivity index (χ1n) is 8.98. The minimum absolute atomic E-state index is 0.0654. The number of imide groups is 1. The predicted octanol–water partition coefficient (Wildman–Crippen LogP) is 2.01. The average Bonchev–Trinajstić information content (AvgIpc) is 2.69. The number of fused-ring (bicyclic) bond motifs is 1. The van der Waals surface area contributed by atoms with E-state index < -0.39 is 24.1 Å². The van der Waals surface area contributed by atoms with Gasteiger partial charge >= 0.3 is 12.1 Å². The lowest BCUT2D eigenvalue weighted by molar-refractivity contribution is -0.128. The Kier molecular flexibility index (Phi) is 7.25. The molecule has 9 nitrogen and oxygen atoms in total. The van der Waals surface area contributed by atoms with Gasteiger partial charge in [0.1, 0.15) is 0 Å². The van der Waals surface area contributed by atoms with Crippen LogP contribution in [0.1, 0.15) is 43.6 Å². The van der Waals surface area contributed by atoms with E-state index in [0.29, 0.717) is 17.3 Å². The van der Waals surface area contributed by atoms with E-state index in [9.17, 15) is 19.2 Å². The Morgan fingerprint density at radius 2 is 1.86 bits per heavy atom. The summed E-state index contributed by atoms with van der Waals surface area (Å²) < 4.78 is 10.7. The van der Waals surface area contributed by atoms with Gasteiger partial charge in [-0.05, 0) is 19.4 Å². The molecule has 0 spiro atoms. The summed E-state index contributed by atoms with van der Waals surface area (Å²) in [5, 5.41) is 6.77. The Morgan fingerprint density at radius 3 is 2.50 bits per heavy atom. The zero-order chi connectivity index (χ0) is 20.7. The van der Waals surface area contributed by atoms with Crippen molar-refractivity contribution in [3.63, 3.8) is 0 Å². The Hall–Kier alpha value is -3.23.